The second kappa shape index (κ2) is 8.81. The van der Waals surface area contributed by atoms with Gasteiger partial charge in [-0.3, -0.25) is 14.6 Å². The minimum atomic E-state index is -1.32. The number of nitrogens with one attached hydrogen (secondary N) is 1. The fourth-order valence-electron chi connectivity index (χ4n) is 3.53. The highest BCUT2D eigenvalue weighted by Gasteiger charge is 2.24. The van der Waals surface area contributed by atoms with Crippen LogP contribution in [0.3, 0.4) is 0 Å². The van der Waals surface area contributed by atoms with E-state index in [9.17, 15) is 19.5 Å². The van der Waals surface area contributed by atoms with Crippen molar-refractivity contribution in [3.63, 3.8) is 0 Å². The minimum Gasteiger partial charge on any atom is -0.476 e. The fourth-order valence-corrected chi connectivity index (χ4v) is 3.53. The molecule has 2 N–H and O–H groups in total. The van der Waals surface area contributed by atoms with Gasteiger partial charge < -0.3 is 10.4 Å². The number of hydrogen-bond acceptors (Lipinski definition) is 6. The molecular formula is C24H20N4O4. The number of carboxylic acid groups (broad SMARTS) is 1. The maximum atomic E-state index is 13.2. The van der Waals surface area contributed by atoms with Gasteiger partial charge in [0.2, 0.25) is 0 Å². The van der Waals surface area contributed by atoms with Gasteiger partial charge in [-0.15, -0.1) is 0 Å². The molecule has 0 aliphatic heterocycles. The number of aryl methyl sites for hydroxylation is 1. The van der Waals surface area contributed by atoms with Crippen molar-refractivity contribution in [1.82, 2.24) is 14.8 Å². The van der Waals surface area contributed by atoms with E-state index in [4.69, 9.17) is 0 Å². The molecule has 0 atom stereocenters. The zero-order valence-corrected chi connectivity index (χ0v) is 17.3. The zero-order chi connectivity index (χ0) is 22.7. The van der Waals surface area contributed by atoms with E-state index in [1.165, 1.54) is 0 Å². The Kier molecular flexibility index (Phi) is 5.76. The molecular weight excluding hydrogens is 408 g/mol. The molecule has 8 heteroatoms. The summed E-state index contributed by atoms with van der Waals surface area (Å²) < 4.78 is 1.07. The van der Waals surface area contributed by atoms with Gasteiger partial charge in [-0.05, 0) is 6.92 Å². The highest BCUT2D eigenvalue weighted by molar-refractivity contribution is 6.01. The number of carboxylic acids is 1. The number of fused-ring (bicyclic) bond motifs is 1. The predicted octanol–water partition coefficient (Wildman–Crippen LogP) is 3.68. The van der Waals surface area contributed by atoms with Gasteiger partial charge >= 0.3 is 5.97 Å². The molecule has 0 fully saturated rings. The molecule has 0 saturated heterocycles. The Hall–Kier alpha value is -4.33. The first kappa shape index (κ1) is 20.9. The Balaban J connectivity index is 1.89. The Bertz CT molecular complexity index is 1370. The van der Waals surface area contributed by atoms with Crippen LogP contribution in [0.15, 0.2) is 71.8 Å². The molecule has 0 aliphatic carbocycles. The van der Waals surface area contributed by atoms with Gasteiger partial charge in [-0.1, -0.05) is 54.6 Å². The van der Waals surface area contributed by atoms with E-state index in [1.807, 2.05) is 24.3 Å². The number of benzene rings is 2. The second-order valence-corrected chi connectivity index (χ2v) is 7.13. The Morgan fingerprint density at radius 2 is 1.75 bits per heavy atom. The van der Waals surface area contributed by atoms with Crippen LogP contribution in [0.4, 0.5) is 11.4 Å². The smallest absolute Gasteiger partial charge is 0.356 e. The molecule has 2 aromatic carbocycles. The number of nitrogens with zero attached hydrogens (tertiary/aromatic N) is 3. The molecule has 0 aliphatic rings. The van der Waals surface area contributed by atoms with E-state index in [0.717, 1.165) is 15.5 Å². The number of anilines is 2. The highest BCUT2D eigenvalue weighted by Crippen LogP contribution is 2.27. The van der Waals surface area contributed by atoms with Gasteiger partial charge in [-0.2, -0.15) is 5.10 Å². The number of rotatable bonds is 7. The topological polar surface area (TPSA) is 114 Å². The van der Waals surface area contributed by atoms with Gasteiger partial charge in [0, 0.05) is 41.1 Å². The van der Waals surface area contributed by atoms with Crippen LogP contribution in [-0.4, -0.2) is 31.6 Å². The van der Waals surface area contributed by atoms with E-state index >= 15 is 0 Å². The lowest BCUT2D eigenvalue weighted by atomic mass is 10.0. The molecule has 0 bridgehead atoms. The molecule has 160 valence electrons. The van der Waals surface area contributed by atoms with Crippen LogP contribution in [-0.2, 0) is 13.0 Å². The molecule has 0 amide bonds. The van der Waals surface area contributed by atoms with E-state index in [-0.39, 0.29) is 35.7 Å². The Labute approximate surface area is 183 Å². The molecule has 32 heavy (non-hydrogen) atoms. The first-order chi connectivity index (χ1) is 15.5. The maximum Gasteiger partial charge on any atom is 0.356 e. The standard InChI is InChI=1S/C24H20N4O4/c1-2-28-23(30)21(26-19-14-25-13-16-10-6-7-11-17(16)19)18(22(27-28)24(31)32)12-20(29)15-8-4-3-5-9-15/h3-11,13-14,26H,2,12H2,1H3,(H,31,32). The summed E-state index contributed by atoms with van der Waals surface area (Å²) in [5.74, 6) is -1.63. The second-order valence-electron chi connectivity index (χ2n) is 7.13. The largest absolute Gasteiger partial charge is 0.476 e. The first-order valence-electron chi connectivity index (χ1n) is 10.0. The monoisotopic (exact) mass is 428 g/mol. The van der Waals surface area contributed by atoms with Crippen LogP contribution < -0.4 is 10.9 Å². The normalized spacial score (nSPS) is 10.8. The molecule has 0 radical (unpaired) electrons. The lowest BCUT2D eigenvalue weighted by Gasteiger charge is -2.16. The molecule has 0 spiro atoms. The zero-order valence-electron chi connectivity index (χ0n) is 17.3. The van der Waals surface area contributed by atoms with Crippen molar-refractivity contribution < 1.29 is 14.7 Å². The average Bonchev–Trinajstić information content (AvgIpc) is 2.82. The van der Waals surface area contributed by atoms with Crippen LogP contribution in [0.5, 0.6) is 0 Å². The van der Waals surface area contributed by atoms with Crippen LogP contribution in [0.25, 0.3) is 10.8 Å². The van der Waals surface area contributed by atoms with E-state index in [1.54, 1.807) is 49.6 Å². The predicted molar refractivity (Wildman–Crippen MR) is 121 cm³/mol. The summed E-state index contributed by atoms with van der Waals surface area (Å²) in [6.07, 6.45) is 2.96. The molecule has 4 aromatic rings. The molecule has 2 aromatic heterocycles. The van der Waals surface area contributed by atoms with Crippen LogP contribution in [0, 0.1) is 0 Å². The third kappa shape index (κ3) is 3.98. The molecule has 2 heterocycles. The highest BCUT2D eigenvalue weighted by atomic mass is 16.4. The van der Waals surface area contributed by atoms with Crippen molar-refractivity contribution in [3.05, 3.63) is 94.2 Å². The molecule has 0 unspecified atom stereocenters. The summed E-state index contributed by atoms with van der Waals surface area (Å²) in [6.45, 7) is 1.87. The van der Waals surface area contributed by atoms with Crippen molar-refractivity contribution in [2.75, 3.05) is 5.32 Å². The average molecular weight is 428 g/mol. The van der Waals surface area contributed by atoms with Crippen molar-refractivity contribution in [2.45, 2.75) is 19.9 Å². The number of pyridine rings is 1. The number of carbonyl (C=O) groups excluding carboxylic acids is 1. The van der Waals surface area contributed by atoms with E-state index < -0.39 is 11.5 Å². The number of ketones is 1. The lowest BCUT2D eigenvalue weighted by molar-refractivity contribution is 0.0686. The number of Topliss-reactive ketones (excluding diaryl/α,β-unsaturated/α-hetero) is 1. The van der Waals surface area contributed by atoms with Gasteiger partial charge in [0.1, 0.15) is 5.69 Å². The van der Waals surface area contributed by atoms with E-state index in [0.29, 0.717) is 11.3 Å². The van der Waals surface area contributed by atoms with Crippen molar-refractivity contribution in [1.29, 1.82) is 0 Å². The first-order valence-corrected chi connectivity index (χ1v) is 10.0. The SMILES string of the molecule is CCn1nc(C(=O)O)c(CC(=O)c2ccccc2)c(Nc2cncc3ccccc23)c1=O. The Morgan fingerprint density at radius 1 is 1.03 bits per heavy atom. The van der Waals surface area contributed by atoms with Crippen molar-refractivity contribution >= 4 is 33.9 Å². The summed E-state index contributed by atoms with van der Waals surface area (Å²) in [5, 5.41) is 18.5. The maximum absolute atomic E-state index is 13.2. The van der Waals surface area contributed by atoms with Gasteiger partial charge in [-0.25, -0.2) is 9.48 Å². The van der Waals surface area contributed by atoms with Crippen molar-refractivity contribution in [2.24, 2.45) is 0 Å². The fraction of sp³-hybridized carbons (Fsp3) is 0.125. The summed E-state index contributed by atoms with van der Waals surface area (Å²) >= 11 is 0. The Morgan fingerprint density at radius 3 is 2.47 bits per heavy atom. The molecule has 0 saturated carbocycles. The third-order valence-electron chi connectivity index (χ3n) is 5.12. The van der Waals surface area contributed by atoms with E-state index in [2.05, 4.69) is 15.4 Å². The molecule has 4 rings (SSSR count). The van der Waals surface area contributed by atoms with Crippen LogP contribution >= 0.6 is 0 Å². The van der Waals surface area contributed by atoms with Crippen LogP contribution in [0.2, 0.25) is 0 Å². The molecule has 8 nitrogen and oxygen atoms in total. The third-order valence-corrected chi connectivity index (χ3v) is 5.12. The number of carbonyl (C=O) groups is 2. The van der Waals surface area contributed by atoms with Crippen LogP contribution in [0.1, 0.15) is 33.3 Å². The van der Waals surface area contributed by atoms with Gasteiger partial charge in [0.25, 0.3) is 5.56 Å². The van der Waals surface area contributed by atoms with Gasteiger partial charge in [0.15, 0.2) is 11.5 Å². The number of hydrogen-bond donors (Lipinski definition) is 2. The summed E-state index contributed by atoms with van der Waals surface area (Å²) in [4.78, 5) is 42.3. The summed E-state index contributed by atoms with van der Waals surface area (Å²) in [7, 11) is 0. The van der Waals surface area contributed by atoms with Crippen molar-refractivity contribution in [3.8, 4) is 0 Å². The lowest BCUT2D eigenvalue weighted by Crippen LogP contribution is -2.30. The van der Waals surface area contributed by atoms with Gasteiger partial charge in [0.05, 0.1) is 11.9 Å². The number of aromatic nitrogens is 3. The quantitative estimate of drug-likeness (QED) is 0.432. The summed E-state index contributed by atoms with van der Waals surface area (Å²) in [6, 6.07) is 16.0. The number of aromatic carboxylic acids is 1. The summed E-state index contributed by atoms with van der Waals surface area (Å²) in [5.41, 5.74) is 0.128. The minimum absolute atomic E-state index is 0.00156.